The zero-order valence-corrected chi connectivity index (χ0v) is 4.39. The zero-order chi connectivity index (χ0) is 5.70. The Bertz CT molecular complexity index is 64.1. The van der Waals surface area contributed by atoms with Crippen molar-refractivity contribution in [2.45, 2.75) is 13.3 Å². The summed E-state index contributed by atoms with van der Waals surface area (Å²) in [6, 6.07) is 0. The lowest BCUT2D eigenvalue weighted by atomic mass is 10.3. The summed E-state index contributed by atoms with van der Waals surface area (Å²) in [6.07, 6.45) is 0.729. The standard InChI is InChI=1S/C4H10N2O/c1-2-4(3-5)6-7/h7H,2-3,5H2,1H3. The number of nitrogens with two attached hydrogens (primary N) is 1. The van der Waals surface area contributed by atoms with Crippen LogP contribution in [0.2, 0.25) is 0 Å². The molecule has 0 bridgehead atoms. The lowest BCUT2D eigenvalue weighted by Crippen LogP contribution is -2.11. The molecule has 3 N–H and O–H groups in total. The Morgan fingerprint density at radius 2 is 2.43 bits per heavy atom. The second-order valence-corrected chi connectivity index (χ2v) is 1.22. The van der Waals surface area contributed by atoms with E-state index in [9.17, 15) is 0 Å². The molecular formula is C4H10N2O. The Kier molecular flexibility index (Phi) is 3.32. The second kappa shape index (κ2) is 3.61. The summed E-state index contributed by atoms with van der Waals surface area (Å²) in [5.74, 6) is 0. The monoisotopic (exact) mass is 102 g/mol. The summed E-state index contributed by atoms with van der Waals surface area (Å²) >= 11 is 0. The molecule has 7 heavy (non-hydrogen) atoms. The molecule has 0 aromatic carbocycles. The Hall–Kier alpha value is -0.570. The largest absolute Gasteiger partial charge is 0.411 e. The molecular weight excluding hydrogens is 92.1 g/mol. The molecule has 0 saturated carbocycles. The molecule has 0 atom stereocenters. The van der Waals surface area contributed by atoms with Gasteiger partial charge in [0.15, 0.2) is 0 Å². The van der Waals surface area contributed by atoms with Crippen molar-refractivity contribution < 1.29 is 5.21 Å². The van der Waals surface area contributed by atoms with E-state index in [2.05, 4.69) is 5.16 Å². The van der Waals surface area contributed by atoms with Crippen LogP contribution in [0.25, 0.3) is 0 Å². The molecule has 0 heterocycles. The van der Waals surface area contributed by atoms with Crippen LogP contribution < -0.4 is 5.73 Å². The second-order valence-electron chi connectivity index (χ2n) is 1.22. The van der Waals surface area contributed by atoms with Crippen molar-refractivity contribution in [2.24, 2.45) is 10.9 Å². The van der Waals surface area contributed by atoms with Crippen molar-refractivity contribution in [3.8, 4) is 0 Å². The number of nitrogens with zero attached hydrogens (tertiary/aromatic N) is 1. The molecule has 0 amide bonds. The fourth-order valence-corrected chi connectivity index (χ4v) is 0.256. The van der Waals surface area contributed by atoms with Crippen molar-refractivity contribution in [1.82, 2.24) is 0 Å². The first kappa shape index (κ1) is 6.43. The molecule has 0 aromatic rings. The highest BCUT2D eigenvalue weighted by Gasteiger charge is 1.87. The Labute approximate surface area is 42.8 Å². The van der Waals surface area contributed by atoms with Gasteiger partial charge in [-0.3, -0.25) is 0 Å². The van der Waals surface area contributed by atoms with Gasteiger partial charge in [-0.25, -0.2) is 0 Å². The summed E-state index contributed by atoms with van der Waals surface area (Å²) < 4.78 is 0. The zero-order valence-electron chi connectivity index (χ0n) is 4.39. The lowest BCUT2D eigenvalue weighted by molar-refractivity contribution is 0.317. The van der Waals surface area contributed by atoms with E-state index in [4.69, 9.17) is 10.9 Å². The van der Waals surface area contributed by atoms with Gasteiger partial charge in [-0.1, -0.05) is 12.1 Å². The van der Waals surface area contributed by atoms with E-state index < -0.39 is 0 Å². The van der Waals surface area contributed by atoms with Crippen molar-refractivity contribution >= 4 is 5.71 Å². The number of rotatable bonds is 2. The summed E-state index contributed by atoms with van der Waals surface area (Å²) in [7, 11) is 0. The minimum atomic E-state index is 0.354. The summed E-state index contributed by atoms with van der Waals surface area (Å²) in [4.78, 5) is 0. The molecule has 3 nitrogen and oxygen atoms in total. The molecule has 0 aliphatic carbocycles. The van der Waals surface area contributed by atoms with Gasteiger partial charge in [-0.05, 0) is 6.42 Å². The predicted octanol–water partition coefficient (Wildman–Crippen LogP) is 0.185. The molecule has 0 saturated heterocycles. The molecule has 42 valence electrons. The van der Waals surface area contributed by atoms with Crippen molar-refractivity contribution in [3.63, 3.8) is 0 Å². The molecule has 0 rings (SSSR count). The van der Waals surface area contributed by atoms with E-state index in [1.165, 1.54) is 0 Å². The van der Waals surface area contributed by atoms with Gasteiger partial charge in [-0.15, -0.1) is 0 Å². The number of hydrogen-bond acceptors (Lipinski definition) is 3. The smallest absolute Gasteiger partial charge is 0.0703 e. The van der Waals surface area contributed by atoms with Gasteiger partial charge in [0.1, 0.15) is 0 Å². The van der Waals surface area contributed by atoms with Gasteiger partial charge in [0.05, 0.1) is 5.71 Å². The molecule has 0 spiro atoms. The minimum Gasteiger partial charge on any atom is -0.411 e. The van der Waals surface area contributed by atoms with E-state index in [1.54, 1.807) is 0 Å². The highest BCUT2D eigenvalue weighted by molar-refractivity contribution is 5.85. The van der Waals surface area contributed by atoms with Crippen LogP contribution in [0.1, 0.15) is 13.3 Å². The van der Waals surface area contributed by atoms with Crippen LogP contribution in [0.3, 0.4) is 0 Å². The Morgan fingerprint density at radius 1 is 1.86 bits per heavy atom. The maximum atomic E-state index is 8.03. The quantitative estimate of drug-likeness (QED) is 0.297. The van der Waals surface area contributed by atoms with Gasteiger partial charge < -0.3 is 10.9 Å². The van der Waals surface area contributed by atoms with Crippen LogP contribution in [-0.4, -0.2) is 17.5 Å². The van der Waals surface area contributed by atoms with Gasteiger partial charge in [-0.2, -0.15) is 0 Å². The van der Waals surface area contributed by atoms with E-state index >= 15 is 0 Å². The first-order valence-corrected chi connectivity index (χ1v) is 2.25. The van der Waals surface area contributed by atoms with E-state index in [1.807, 2.05) is 6.92 Å². The SMILES string of the molecule is CCC(CN)=NO. The Morgan fingerprint density at radius 3 is 2.43 bits per heavy atom. The third-order valence-corrected chi connectivity index (χ3v) is 0.785. The third-order valence-electron chi connectivity index (χ3n) is 0.785. The highest BCUT2D eigenvalue weighted by Crippen LogP contribution is 1.78. The average Bonchev–Trinajstić information content (AvgIpc) is 1.72. The molecule has 3 heteroatoms. The van der Waals surface area contributed by atoms with Gasteiger partial charge in [0.25, 0.3) is 0 Å². The summed E-state index contributed by atoms with van der Waals surface area (Å²) in [5.41, 5.74) is 5.74. The Balaban J connectivity index is 3.38. The van der Waals surface area contributed by atoms with Crippen LogP contribution in [0.15, 0.2) is 5.16 Å². The minimum absolute atomic E-state index is 0.354. The average molecular weight is 102 g/mol. The van der Waals surface area contributed by atoms with Gasteiger partial charge in [0.2, 0.25) is 0 Å². The first-order chi connectivity index (χ1) is 3.35. The maximum absolute atomic E-state index is 8.03. The summed E-state index contributed by atoms with van der Waals surface area (Å²) in [5, 5.41) is 11.0. The van der Waals surface area contributed by atoms with Crippen molar-refractivity contribution in [1.29, 1.82) is 0 Å². The van der Waals surface area contributed by atoms with Gasteiger partial charge >= 0.3 is 0 Å². The van der Waals surface area contributed by atoms with Crippen molar-refractivity contribution in [3.05, 3.63) is 0 Å². The normalized spacial score (nSPS) is 12.0. The number of oxime groups is 1. The first-order valence-electron chi connectivity index (χ1n) is 2.25. The molecule has 0 unspecified atom stereocenters. The summed E-state index contributed by atoms with van der Waals surface area (Å²) in [6.45, 7) is 2.24. The van der Waals surface area contributed by atoms with Gasteiger partial charge in [0, 0.05) is 6.54 Å². The highest BCUT2D eigenvalue weighted by atomic mass is 16.4. The fraction of sp³-hybridized carbons (Fsp3) is 0.750. The van der Waals surface area contributed by atoms with Crippen LogP contribution in [0.5, 0.6) is 0 Å². The molecule has 0 aromatic heterocycles. The van der Waals surface area contributed by atoms with Crippen LogP contribution >= 0.6 is 0 Å². The van der Waals surface area contributed by atoms with E-state index in [0.29, 0.717) is 12.3 Å². The fourth-order valence-electron chi connectivity index (χ4n) is 0.256. The van der Waals surface area contributed by atoms with Crippen molar-refractivity contribution in [2.75, 3.05) is 6.54 Å². The van der Waals surface area contributed by atoms with Crippen LogP contribution in [0, 0.1) is 0 Å². The molecule has 0 aliphatic rings. The topological polar surface area (TPSA) is 58.6 Å². The maximum Gasteiger partial charge on any atom is 0.0703 e. The third kappa shape index (κ3) is 2.17. The van der Waals surface area contributed by atoms with E-state index in [0.717, 1.165) is 6.42 Å². The van der Waals surface area contributed by atoms with Crippen LogP contribution in [-0.2, 0) is 0 Å². The van der Waals surface area contributed by atoms with E-state index in [-0.39, 0.29) is 0 Å². The molecule has 0 radical (unpaired) electrons. The molecule has 0 fully saturated rings. The lowest BCUT2D eigenvalue weighted by Gasteiger charge is -1.89. The predicted molar refractivity (Wildman–Crippen MR) is 28.6 cm³/mol. The molecule has 0 aliphatic heterocycles. The van der Waals surface area contributed by atoms with Crippen LogP contribution in [0.4, 0.5) is 0 Å². The number of hydrogen-bond donors (Lipinski definition) is 2.